The molecule has 2 aromatic carbocycles. The Hall–Kier alpha value is -2.73. The van der Waals surface area contributed by atoms with Crippen molar-refractivity contribution in [3.8, 4) is 0 Å². The van der Waals surface area contributed by atoms with E-state index in [2.05, 4.69) is 10.2 Å². The molecule has 0 atom stereocenters. The smallest absolute Gasteiger partial charge is 0.338 e. The Kier molecular flexibility index (Phi) is 6.76. The first-order valence-corrected chi connectivity index (χ1v) is 9.60. The van der Waals surface area contributed by atoms with Gasteiger partial charge in [0.2, 0.25) is 5.91 Å². The van der Waals surface area contributed by atoms with Crippen LogP contribution in [0.3, 0.4) is 0 Å². The summed E-state index contributed by atoms with van der Waals surface area (Å²) >= 11 is 0. The van der Waals surface area contributed by atoms with Gasteiger partial charge in [-0.1, -0.05) is 24.3 Å². The van der Waals surface area contributed by atoms with Crippen molar-refractivity contribution in [1.29, 1.82) is 0 Å². The fraction of sp³-hybridized carbons (Fsp3) is 0.364. The number of ether oxygens (including phenoxy) is 1. The number of anilines is 1. The number of carbonyl (C=O) groups excluding carboxylic acids is 2. The molecule has 1 N–H and O–H groups in total. The molecule has 0 saturated carbocycles. The number of benzene rings is 2. The number of halogens is 1. The molecular weight excluding hydrogens is 359 g/mol. The number of carbonyl (C=O) groups is 2. The fourth-order valence-corrected chi connectivity index (χ4v) is 3.40. The third-order valence-corrected chi connectivity index (χ3v) is 4.95. The highest BCUT2D eigenvalue weighted by molar-refractivity contribution is 5.95. The minimum absolute atomic E-state index is 0.0495. The lowest BCUT2D eigenvalue weighted by Gasteiger charge is -2.31. The molecule has 5 nitrogen and oxygen atoms in total. The fourth-order valence-electron chi connectivity index (χ4n) is 3.40. The van der Waals surface area contributed by atoms with Gasteiger partial charge in [-0.05, 0) is 57.1 Å². The van der Waals surface area contributed by atoms with E-state index in [0.29, 0.717) is 30.0 Å². The molecule has 2 aromatic rings. The van der Waals surface area contributed by atoms with Gasteiger partial charge >= 0.3 is 5.97 Å². The zero-order valence-corrected chi connectivity index (χ0v) is 16.0. The summed E-state index contributed by atoms with van der Waals surface area (Å²) in [5, 5.41) is 2.90. The van der Waals surface area contributed by atoms with Crippen LogP contribution in [0.2, 0.25) is 0 Å². The third kappa shape index (κ3) is 5.16. The second kappa shape index (κ2) is 9.46. The van der Waals surface area contributed by atoms with Crippen LogP contribution in [0.1, 0.15) is 35.7 Å². The molecule has 148 valence electrons. The van der Waals surface area contributed by atoms with E-state index in [9.17, 15) is 14.0 Å². The second-order valence-electron chi connectivity index (χ2n) is 6.93. The van der Waals surface area contributed by atoms with E-state index >= 15 is 0 Å². The molecule has 1 heterocycles. The lowest BCUT2D eigenvalue weighted by Crippen LogP contribution is -2.37. The van der Waals surface area contributed by atoms with E-state index in [1.165, 1.54) is 6.07 Å². The monoisotopic (exact) mass is 384 g/mol. The topological polar surface area (TPSA) is 58.6 Å². The molecule has 1 fully saturated rings. The highest BCUT2D eigenvalue weighted by Gasteiger charge is 2.25. The Morgan fingerprint density at radius 2 is 1.89 bits per heavy atom. The number of nitrogens with one attached hydrogen (secondary N) is 1. The van der Waals surface area contributed by atoms with E-state index in [1.54, 1.807) is 43.3 Å². The first-order valence-electron chi connectivity index (χ1n) is 9.60. The van der Waals surface area contributed by atoms with Crippen molar-refractivity contribution in [2.45, 2.75) is 26.3 Å². The van der Waals surface area contributed by atoms with Crippen molar-refractivity contribution in [3.63, 3.8) is 0 Å². The Balaban J connectivity index is 1.52. The summed E-state index contributed by atoms with van der Waals surface area (Å²) in [6.07, 6.45) is 1.44. The van der Waals surface area contributed by atoms with E-state index in [0.717, 1.165) is 25.9 Å². The minimum atomic E-state index is -0.403. The maximum absolute atomic E-state index is 13.8. The molecule has 0 spiro atoms. The normalized spacial score (nSPS) is 15.2. The molecule has 28 heavy (non-hydrogen) atoms. The predicted molar refractivity (Wildman–Crippen MR) is 105 cm³/mol. The van der Waals surface area contributed by atoms with E-state index in [4.69, 9.17) is 4.74 Å². The lowest BCUT2D eigenvalue weighted by atomic mass is 9.95. The summed E-state index contributed by atoms with van der Waals surface area (Å²) in [4.78, 5) is 26.6. The van der Waals surface area contributed by atoms with Gasteiger partial charge in [0.25, 0.3) is 0 Å². The van der Waals surface area contributed by atoms with Crippen molar-refractivity contribution >= 4 is 17.6 Å². The first-order chi connectivity index (χ1) is 13.6. The third-order valence-electron chi connectivity index (χ3n) is 4.95. The van der Waals surface area contributed by atoms with Crippen molar-refractivity contribution in [2.24, 2.45) is 5.92 Å². The molecule has 1 saturated heterocycles. The van der Waals surface area contributed by atoms with Gasteiger partial charge in [0.15, 0.2) is 0 Å². The minimum Gasteiger partial charge on any atom is -0.462 e. The number of likely N-dealkylation sites (tertiary alicyclic amines) is 1. The van der Waals surface area contributed by atoms with Gasteiger partial charge in [0.1, 0.15) is 5.82 Å². The van der Waals surface area contributed by atoms with E-state index in [1.807, 2.05) is 6.07 Å². The number of hydrogen-bond donors (Lipinski definition) is 1. The van der Waals surface area contributed by atoms with Crippen molar-refractivity contribution in [1.82, 2.24) is 4.90 Å². The highest BCUT2D eigenvalue weighted by atomic mass is 19.1. The van der Waals surface area contributed by atoms with Gasteiger partial charge in [0.05, 0.1) is 12.2 Å². The van der Waals surface area contributed by atoms with Gasteiger partial charge < -0.3 is 10.1 Å². The van der Waals surface area contributed by atoms with Crippen LogP contribution in [0.25, 0.3) is 0 Å². The Morgan fingerprint density at radius 1 is 1.14 bits per heavy atom. The van der Waals surface area contributed by atoms with Crippen LogP contribution in [0.15, 0.2) is 48.5 Å². The molecule has 6 heteroatoms. The van der Waals surface area contributed by atoms with Crippen molar-refractivity contribution in [2.75, 3.05) is 25.0 Å². The maximum atomic E-state index is 13.8. The first kappa shape index (κ1) is 20.0. The molecule has 0 radical (unpaired) electrons. The summed E-state index contributed by atoms with van der Waals surface area (Å²) in [5.74, 6) is -0.737. The average Bonchev–Trinajstić information content (AvgIpc) is 2.70. The van der Waals surface area contributed by atoms with Crippen LogP contribution in [-0.4, -0.2) is 36.5 Å². The van der Waals surface area contributed by atoms with E-state index < -0.39 is 5.97 Å². The molecule has 0 aliphatic carbocycles. The Morgan fingerprint density at radius 3 is 2.61 bits per heavy atom. The predicted octanol–water partition coefficient (Wildman–Crippen LogP) is 3.85. The largest absolute Gasteiger partial charge is 0.462 e. The average molecular weight is 384 g/mol. The summed E-state index contributed by atoms with van der Waals surface area (Å²) in [6.45, 7) is 4.11. The molecule has 1 aliphatic rings. The number of amides is 1. The van der Waals surface area contributed by atoms with Crippen LogP contribution in [-0.2, 0) is 16.1 Å². The number of piperidine rings is 1. The van der Waals surface area contributed by atoms with Crippen LogP contribution in [0, 0.1) is 11.7 Å². The van der Waals surface area contributed by atoms with Gasteiger partial charge in [-0.15, -0.1) is 0 Å². The zero-order valence-electron chi connectivity index (χ0n) is 16.0. The van der Waals surface area contributed by atoms with Gasteiger partial charge in [-0.3, -0.25) is 9.69 Å². The number of rotatable bonds is 6. The second-order valence-corrected chi connectivity index (χ2v) is 6.93. The van der Waals surface area contributed by atoms with Crippen molar-refractivity contribution in [3.05, 3.63) is 65.5 Å². The van der Waals surface area contributed by atoms with Crippen LogP contribution >= 0.6 is 0 Å². The zero-order chi connectivity index (χ0) is 19.9. The summed E-state index contributed by atoms with van der Waals surface area (Å²) in [7, 11) is 0. The van der Waals surface area contributed by atoms with Crippen molar-refractivity contribution < 1.29 is 18.7 Å². The molecule has 3 rings (SSSR count). The summed E-state index contributed by atoms with van der Waals surface area (Å²) < 4.78 is 18.8. The number of esters is 1. The van der Waals surface area contributed by atoms with Gasteiger partial charge in [0, 0.05) is 23.7 Å². The highest BCUT2D eigenvalue weighted by Crippen LogP contribution is 2.22. The number of nitrogens with zero attached hydrogens (tertiary/aromatic N) is 1. The molecule has 0 unspecified atom stereocenters. The number of hydrogen-bond acceptors (Lipinski definition) is 4. The van der Waals surface area contributed by atoms with Gasteiger partial charge in [-0.2, -0.15) is 0 Å². The van der Waals surface area contributed by atoms with Crippen LogP contribution < -0.4 is 5.32 Å². The van der Waals surface area contributed by atoms with Gasteiger partial charge in [-0.25, -0.2) is 9.18 Å². The molecule has 0 aromatic heterocycles. The molecule has 1 aliphatic heterocycles. The maximum Gasteiger partial charge on any atom is 0.338 e. The standard InChI is InChI=1S/C22H25FN2O3/c1-2-28-22(27)17-7-5-8-19(14-17)24-21(26)16-10-12-25(13-11-16)15-18-6-3-4-9-20(18)23/h3-9,14,16H,2,10-13,15H2,1H3,(H,24,26). The van der Waals surface area contributed by atoms with Crippen LogP contribution in [0.4, 0.5) is 10.1 Å². The summed E-state index contributed by atoms with van der Waals surface area (Å²) in [5.41, 5.74) is 1.69. The quantitative estimate of drug-likeness (QED) is 0.769. The Labute approximate surface area is 164 Å². The molecular formula is C22H25FN2O3. The Bertz CT molecular complexity index is 832. The SMILES string of the molecule is CCOC(=O)c1cccc(NC(=O)C2CCN(Cc3ccccc3F)CC2)c1. The molecule has 0 bridgehead atoms. The van der Waals surface area contributed by atoms with E-state index in [-0.39, 0.29) is 17.6 Å². The lowest BCUT2D eigenvalue weighted by molar-refractivity contribution is -0.121. The molecule has 1 amide bonds. The summed E-state index contributed by atoms with van der Waals surface area (Å²) in [6, 6.07) is 13.6. The van der Waals surface area contributed by atoms with Crippen LogP contribution in [0.5, 0.6) is 0 Å².